The summed E-state index contributed by atoms with van der Waals surface area (Å²) in [5, 5.41) is 9.12. The predicted octanol–water partition coefficient (Wildman–Crippen LogP) is 4.15. The van der Waals surface area contributed by atoms with Gasteiger partial charge in [-0.15, -0.1) is 0 Å². The van der Waals surface area contributed by atoms with Crippen molar-refractivity contribution in [3.8, 4) is 17.2 Å². The third kappa shape index (κ3) is 4.36. The van der Waals surface area contributed by atoms with Gasteiger partial charge in [0.25, 0.3) is 0 Å². The Morgan fingerprint density at radius 1 is 1.18 bits per heavy atom. The maximum atomic E-state index is 12.2. The molecule has 0 saturated carbocycles. The lowest BCUT2D eigenvalue weighted by atomic mass is 10.0. The van der Waals surface area contributed by atoms with Crippen LogP contribution in [-0.4, -0.2) is 44.4 Å². The average Bonchev–Trinajstić information content (AvgIpc) is 3.29. The fourth-order valence-electron chi connectivity index (χ4n) is 4.29. The SMILES string of the molecule is [CH2][C@H](C(C)=O)c1cnc(-c2ccc3ccccc3c2)n1-c1ccnc(NC2CCCNC2)n1. The number of piperidine rings is 1. The molecule has 1 radical (unpaired) electrons. The number of hydrogen-bond donors (Lipinski definition) is 2. The van der Waals surface area contributed by atoms with E-state index < -0.39 is 5.92 Å². The Morgan fingerprint density at radius 3 is 2.82 bits per heavy atom. The highest BCUT2D eigenvalue weighted by molar-refractivity contribution is 5.87. The van der Waals surface area contributed by atoms with Gasteiger partial charge < -0.3 is 10.6 Å². The van der Waals surface area contributed by atoms with Crippen molar-refractivity contribution in [3.63, 3.8) is 0 Å². The average molecular weight is 440 g/mol. The molecule has 0 amide bonds. The summed E-state index contributed by atoms with van der Waals surface area (Å²) >= 11 is 0. The molecule has 1 aliphatic heterocycles. The van der Waals surface area contributed by atoms with Gasteiger partial charge in [0.2, 0.25) is 5.95 Å². The molecule has 1 fully saturated rings. The lowest BCUT2D eigenvalue weighted by molar-refractivity contribution is -0.117. The van der Waals surface area contributed by atoms with E-state index in [1.165, 1.54) is 0 Å². The van der Waals surface area contributed by atoms with Gasteiger partial charge in [0.1, 0.15) is 17.4 Å². The Balaban J connectivity index is 1.59. The molecular formula is C26H27N6O. The second kappa shape index (κ2) is 9.11. The third-order valence-corrected chi connectivity index (χ3v) is 6.14. The van der Waals surface area contributed by atoms with Crippen LogP contribution >= 0.6 is 0 Å². The highest BCUT2D eigenvalue weighted by Gasteiger charge is 2.22. The van der Waals surface area contributed by atoms with Crippen LogP contribution in [0.5, 0.6) is 0 Å². The molecule has 5 rings (SSSR count). The van der Waals surface area contributed by atoms with Gasteiger partial charge >= 0.3 is 0 Å². The third-order valence-electron chi connectivity index (χ3n) is 6.14. The van der Waals surface area contributed by atoms with Gasteiger partial charge in [-0.1, -0.05) is 36.4 Å². The molecule has 0 aliphatic carbocycles. The number of fused-ring (bicyclic) bond motifs is 1. The summed E-state index contributed by atoms with van der Waals surface area (Å²) in [5.41, 5.74) is 1.65. The number of carbonyl (C=O) groups is 1. The lowest BCUT2D eigenvalue weighted by Crippen LogP contribution is -2.38. The van der Waals surface area contributed by atoms with Crippen LogP contribution in [0.1, 0.15) is 31.4 Å². The molecule has 0 bridgehead atoms. The van der Waals surface area contributed by atoms with E-state index in [1.807, 2.05) is 28.8 Å². The number of nitrogens with one attached hydrogen (secondary N) is 2. The van der Waals surface area contributed by atoms with Gasteiger partial charge in [-0.25, -0.2) is 9.97 Å². The van der Waals surface area contributed by atoms with Crippen LogP contribution in [0.4, 0.5) is 5.95 Å². The Labute approximate surface area is 193 Å². The molecule has 1 saturated heterocycles. The Hall–Kier alpha value is -3.58. The minimum absolute atomic E-state index is 0.0260. The Bertz CT molecular complexity index is 1290. The number of Topliss-reactive ketones (excluding diaryl/α,β-unsaturated/α-hetero) is 1. The molecule has 1 unspecified atom stereocenters. The smallest absolute Gasteiger partial charge is 0.224 e. The number of nitrogens with zero attached hydrogens (tertiary/aromatic N) is 4. The topological polar surface area (TPSA) is 84.7 Å². The quantitative estimate of drug-likeness (QED) is 0.469. The van der Waals surface area contributed by atoms with E-state index in [9.17, 15) is 4.79 Å². The Kier molecular flexibility index (Phi) is 5.88. The molecule has 1 aliphatic rings. The van der Waals surface area contributed by atoms with Gasteiger partial charge in [-0.3, -0.25) is 9.36 Å². The lowest BCUT2D eigenvalue weighted by Gasteiger charge is -2.24. The molecule has 2 aromatic carbocycles. The summed E-state index contributed by atoms with van der Waals surface area (Å²) in [4.78, 5) is 26.1. The largest absolute Gasteiger partial charge is 0.350 e. The highest BCUT2D eigenvalue weighted by atomic mass is 16.1. The second-order valence-electron chi connectivity index (χ2n) is 8.49. The standard InChI is InChI=1S/C26H27N6O/c1-17(18(2)33)23-16-29-25(21-10-9-19-6-3-4-7-20(19)14-21)32(23)24-11-13-28-26(31-24)30-22-8-5-12-27-15-22/h3-4,6-7,9-11,13-14,16-17,22,27H,1,5,8,12,15H2,2H3,(H,28,30,31)/t17-,22?/m1/s1. The number of carbonyl (C=O) groups excluding carboxylic acids is 1. The first-order valence-corrected chi connectivity index (χ1v) is 11.3. The van der Waals surface area contributed by atoms with E-state index in [-0.39, 0.29) is 11.8 Å². The summed E-state index contributed by atoms with van der Waals surface area (Å²) in [7, 11) is 0. The highest BCUT2D eigenvalue weighted by Crippen LogP contribution is 2.30. The van der Waals surface area contributed by atoms with Crippen molar-refractivity contribution in [2.75, 3.05) is 18.4 Å². The van der Waals surface area contributed by atoms with Gasteiger partial charge in [0.05, 0.1) is 17.8 Å². The van der Waals surface area contributed by atoms with Crippen LogP contribution in [0.25, 0.3) is 28.0 Å². The van der Waals surface area contributed by atoms with E-state index in [1.54, 1.807) is 19.3 Å². The second-order valence-corrected chi connectivity index (χ2v) is 8.49. The maximum Gasteiger partial charge on any atom is 0.224 e. The van der Waals surface area contributed by atoms with Crippen LogP contribution < -0.4 is 10.6 Å². The fraction of sp³-hybridized carbons (Fsp3) is 0.269. The summed E-state index contributed by atoms with van der Waals surface area (Å²) < 4.78 is 1.93. The zero-order valence-electron chi connectivity index (χ0n) is 18.7. The summed E-state index contributed by atoms with van der Waals surface area (Å²) in [5.74, 6) is 1.35. The van der Waals surface area contributed by atoms with Crippen molar-refractivity contribution in [2.45, 2.75) is 31.7 Å². The first-order chi connectivity index (χ1) is 16.1. The first kappa shape index (κ1) is 21.3. The van der Waals surface area contributed by atoms with Crippen LogP contribution in [-0.2, 0) is 4.79 Å². The normalized spacial score (nSPS) is 17.1. The van der Waals surface area contributed by atoms with Gasteiger partial charge in [-0.2, -0.15) is 4.98 Å². The molecular weight excluding hydrogens is 412 g/mol. The van der Waals surface area contributed by atoms with E-state index in [4.69, 9.17) is 9.97 Å². The van der Waals surface area contributed by atoms with Gasteiger partial charge in [-0.05, 0) is 56.1 Å². The minimum Gasteiger partial charge on any atom is -0.350 e. The van der Waals surface area contributed by atoms with Crippen LogP contribution in [0.3, 0.4) is 0 Å². The number of aromatic nitrogens is 4. The number of rotatable bonds is 6. The maximum absolute atomic E-state index is 12.2. The summed E-state index contributed by atoms with van der Waals surface area (Å²) in [6.45, 7) is 7.57. The Morgan fingerprint density at radius 2 is 2.03 bits per heavy atom. The predicted molar refractivity (Wildman–Crippen MR) is 130 cm³/mol. The molecule has 2 aromatic heterocycles. The minimum atomic E-state index is -0.555. The molecule has 4 aromatic rings. The summed E-state index contributed by atoms with van der Waals surface area (Å²) in [6, 6.07) is 16.6. The number of hydrogen-bond acceptors (Lipinski definition) is 6. The van der Waals surface area contributed by atoms with E-state index >= 15 is 0 Å². The van der Waals surface area contributed by atoms with Crippen LogP contribution in [0, 0.1) is 6.92 Å². The van der Waals surface area contributed by atoms with Crippen molar-refractivity contribution < 1.29 is 4.79 Å². The van der Waals surface area contributed by atoms with Gasteiger partial charge in [0.15, 0.2) is 0 Å². The zero-order chi connectivity index (χ0) is 22.8. The van der Waals surface area contributed by atoms with Crippen molar-refractivity contribution in [1.29, 1.82) is 0 Å². The van der Waals surface area contributed by atoms with Crippen LogP contribution in [0.2, 0.25) is 0 Å². The number of benzene rings is 2. The zero-order valence-corrected chi connectivity index (χ0v) is 18.7. The number of ketones is 1. The molecule has 0 spiro atoms. The van der Waals surface area contributed by atoms with Crippen molar-refractivity contribution in [2.24, 2.45) is 0 Å². The molecule has 33 heavy (non-hydrogen) atoms. The molecule has 7 nitrogen and oxygen atoms in total. The molecule has 2 N–H and O–H groups in total. The van der Waals surface area contributed by atoms with Crippen LogP contribution in [0.15, 0.2) is 60.9 Å². The van der Waals surface area contributed by atoms with E-state index in [2.05, 4.69) is 46.8 Å². The van der Waals surface area contributed by atoms with Crippen molar-refractivity contribution in [3.05, 3.63) is 73.5 Å². The monoisotopic (exact) mass is 439 g/mol. The number of anilines is 1. The van der Waals surface area contributed by atoms with E-state index in [0.29, 0.717) is 17.5 Å². The first-order valence-electron chi connectivity index (χ1n) is 11.3. The molecule has 167 valence electrons. The molecule has 2 atom stereocenters. The van der Waals surface area contributed by atoms with Crippen molar-refractivity contribution >= 4 is 22.5 Å². The van der Waals surface area contributed by atoms with Crippen molar-refractivity contribution in [1.82, 2.24) is 24.8 Å². The molecule has 3 heterocycles. The van der Waals surface area contributed by atoms with Gasteiger partial charge in [0, 0.05) is 24.3 Å². The van der Waals surface area contributed by atoms with E-state index in [0.717, 1.165) is 48.1 Å². The number of imidazole rings is 1. The molecule has 7 heteroatoms. The fourth-order valence-corrected chi connectivity index (χ4v) is 4.29. The summed E-state index contributed by atoms with van der Waals surface area (Å²) in [6.07, 6.45) is 5.66.